The number of carbonyl (C=O) groups is 1. The highest BCUT2D eigenvalue weighted by Gasteiger charge is 2.30. The Kier molecular flexibility index (Phi) is 5.11. The highest BCUT2D eigenvalue weighted by molar-refractivity contribution is 5.82. The Bertz CT molecular complexity index is 518. The molecule has 120 valence electrons. The quantitative estimate of drug-likeness (QED) is 0.924. The maximum atomic E-state index is 12.8. The first kappa shape index (κ1) is 15.5. The zero-order valence-electron chi connectivity index (χ0n) is 13.4. The number of piperidine rings is 1. The van der Waals surface area contributed by atoms with Gasteiger partial charge >= 0.3 is 0 Å². The lowest BCUT2D eigenvalue weighted by atomic mass is 9.93. The van der Waals surface area contributed by atoms with Crippen molar-refractivity contribution in [3.63, 3.8) is 0 Å². The molecule has 1 amide bonds. The van der Waals surface area contributed by atoms with Crippen LogP contribution in [0.3, 0.4) is 0 Å². The second-order valence-corrected chi connectivity index (χ2v) is 6.36. The largest absolute Gasteiger partial charge is 0.381 e. The number of likely N-dealkylation sites (tertiary alicyclic amines) is 1. The minimum Gasteiger partial charge on any atom is -0.381 e. The predicted molar refractivity (Wildman–Crippen MR) is 86.6 cm³/mol. The van der Waals surface area contributed by atoms with E-state index in [1.807, 2.05) is 11.8 Å². The topological polar surface area (TPSA) is 41.6 Å². The minimum atomic E-state index is -0.0688. The Morgan fingerprint density at radius 3 is 3.00 bits per heavy atom. The lowest BCUT2D eigenvalue weighted by molar-refractivity contribution is -0.136. The summed E-state index contributed by atoms with van der Waals surface area (Å²) < 4.78 is 5.54. The number of ether oxygens (including phenoxy) is 1. The molecule has 1 aromatic carbocycles. The van der Waals surface area contributed by atoms with Gasteiger partial charge in [0.1, 0.15) is 0 Å². The fourth-order valence-corrected chi connectivity index (χ4v) is 3.54. The molecule has 0 spiro atoms. The molecule has 2 aliphatic heterocycles. The highest BCUT2D eigenvalue weighted by atomic mass is 16.5. The van der Waals surface area contributed by atoms with Gasteiger partial charge in [-0.2, -0.15) is 0 Å². The number of carbonyl (C=O) groups excluding carboxylic acids is 1. The number of nitrogens with one attached hydrogen (secondary N) is 1. The number of fused-ring (bicyclic) bond motifs is 1. The fraction of sp³-hybridized carbons (Fsp3) is 0.611. The number of hydrogen-bond acceptors (Lipinski definition) is 3. The molecule has 3 rings (SSSR count). The molecule has 0 bridgehead atoms. The van der Waals surface area contributed by atoms with E-state index in [0.29, 0.717) is 5.92 Å². The molecule has 4 nitrogen and oxygen atoms in total. The first-order valence-corrected chi connectivity index (χ1v) is 8.44. The van der Waals surface area contributed by atoms with Gasteiger partial charge in [-0.25, -0.2) is 0 Å². The second kappa shape index (κ2) is 7.25. The molecular formula is C18H26N2O2. The molecule has 2 atom stereocenters. The van der Waals surface area contributed by atoms with Crippen LogP contribution in [0.5, 0.6) is 0 Å². The summed E-state index contributed by atoms with van der Waals surface area (Å²) in [6, 6.07) is 8.34. The van der Waals surface area contributed by atoms with Gasteiger partial charge in [0.2, 0.25) is 5.91 Å². The third-order valence-electron chi connectivity index (χ3n) is 4.77. The van der Waals surface area contributed by atoms with Crippen molar-refractivity contribution in [1.82, 2.24) is 10.2 Å². The van der Waals surface area contributed by atoms with E-state index in [1.54, 1.807) is 0 Å². The third-order valence-corrected chi connectivity index (χ3v) is 4.77. The van der Waals surface area contributed by atoms with Crippen molar-refractivity contribution in [2.45, 2.75) is 38.8 Å². The Hall–Kier alpha value is -1.39. The third kappa shape index (κ3) is 3.50. The van der Waals surface area contributed by atoms with Crippen molar-refractivity contribution < 1.29 is 9.53 Å². The molecule has 22 heavy (non-hydrogen) atoms. The summed E-state index contributed by atoms with van der Waals surface area (Å²) >= 11 is 0. The molecule has 0 unspecified atom stereocenters. The predicted octanol–water partition coefficient (Wildman–Crippen LogP) is 1.98. The number of rotatable bonds is 4. The summed E-state index contributed by atoms with van der Waals surface area (Å²) in [4.78, 5) is 14.8. The molecule has 1 aromatic rings. The molecular weight excluding hydrogens is 276 g/mol. The van der Waals surface area contributed by atoms with Crippen LogP contribution < -0.4 is 5.32 Å². The van der Waals surface area contributed by atoms with Crippen LogP contribution in [-0.4, -0.2) is 43.2 Å². The van der Waals surface area contributed by atoms with Gasteiger partial charge in [-0.15, -0.1) is 0 Å². The lowest BCUT2D eigenvalue weighted by Gasteiger charge is -2.36. The van der Waals surface area contributed by atoms with Gasteiger partial charge in [-0.3, -0.25) is 4.79 Å². The summed E-state index contributed by atoms with van der Waals surface area (Å²) in [7, 11) is 0. The Morgan fingerprint density at radius 1 is 1.36 bits per heavy atom. The summed E-state index contributed by atoms with van der Waals surface area (Å²) in [6.45, 7) is 6.09. The Balaban J connectivity index is 1.60. The summed E-state index contributed by atoms with van der Waals surface area (Å²) in [6.07, 6.45) is 3.07. The summed E-state index contributed by atoms with van der Waals surface area (Å²) in [5, 5.41) is 3.41. The molecule has 2 aliphatic rings. The van der Waals surface area contributed by atoms with Gasteiger partial charge in [0.25, 0.3) is 0 Å². The van der Waals surface area contributed by atoms with Crippen molar-refractivity contribution in [3.05, 3.63) is 35.4 Å². The fourth-order valence-electron chi connectivity index (χ4n) is 3.54. The molecule has 1 saturated heterocycles. The van der Waals surface area contributed by atoms with Gasteiger partial charge < -0.3 is 15.0 Å². The molecule has 0 aliphatic carbocycles. The van der Waals surface area contributed by atoms with Crippen LogP contribution in [0.25, 0.3) is 0 Å². The van der Waals surface area contributed by atoms with E-state index in [2.05, 4.69) is 29.6 Å². The van der Waals surface area contributed by atoms with Crippen LogP contribution in [-0.2, 0) is 22.5 Å². The van der Waals surface area contributed by atoms with Crippen molar-refractivity contribution in [2.75, 3.05) is 26.3 Å². The summed E-state index contributed by atoms with van der Waals surface area (Å²) in [5.74, 6) is 0.754. The van der Waals surface area contributed by atoms with Crippen molar-refractivity contribution in [1.29, 1.82) is 0 Å². The number of nitrogens with zero attached hydrogens (tertiary/aromatic N) is 1. The van der Waals surface area contributed by atoms with Gasteiger partial charge in [-0.05, 0) is 43.2 Å². The van der Waals surface area contributed by atoms with E-state index in [-0.39, 0.29) is 11.9 Å². The van der Waals surface area contributed by atoms with Crippen LogP contribution in [0.4, 0.5) is 0 Å². The van der Waals surface area contributed by atoms with E-state index in [9.17, 15) is 4.79 Å². The monoisotopic (exact) mass is 302 g/mol. The van der Waals surface area contributed by atoms with Gasteiger partial charge in [-0.1, -0.05) is 24.3 Å². The normalized spacial score (nSPS) is 24.9. The van der Waals surface area contributed by atoms with Crippen molar-refractivity contribution in [3.8, 4) is 0 Å². The molecule has 1 N–H and O–H groups in total. The number of hydrogen-bond donors (Lipinski definition) is 1. The molecule has 0 aromatic heterocycles. The van der Waals surface area contributed by atoms with Gasteiger partial charge in [0, 0.05) is 26.2 Å². The SMILES string of the molecule is CCOC[C@H]1CCCN(C(=O)[C@H]2Cc3ccccc3CN2)C1. The molecule has 0 saturated carbocycles. The minimum absolute atomic E-state index is 0.0688. The zero-order chi connectivity index (χ0) is 15.4. The maximum absolute atomic E-state index is 12.8. The smallest absolute Gasteiger partial charge is 0.240 e. The Labute approximate surface area is 132 Å². The average molecular weight is 302 g/mol. The van der Waals surface area contributed by atoms with E-state index >= 15 is 0 Å². The lowest BCUT2D eigenvalue weighted by Crippen LogP contribution is -2.52. The Morgan fingerprint density at radius 2 is 2.18 bits per heavy atom. The van der Waals surface area contributed by atoms with Crippen LogP contribution in [0.2, 0.25) is 0 Å². The van der Waals surface area contributed by atoms with Crippen molar-refractivity contribution >= 4 is 5.91 Å². The number of benzene rings is 1. The van der Waals surface area contributed by atoms with E-state index in [0.717, 1.165) is 45.7 Å². The van der Waals surface area contributed by atoms with Crippen LogP contribution >= 0.6 is 0 Å². The average Bonchev–Trinajstić information content (AvgIpc) is 2.59. The standard InChI is InChI=1S/C18H26N2O2/c1-2-22-13-14-6-5-9-20(12-14)18(21)17-10-15-7-3-4-8-16(15)11-19-17/h3-4,7-8,14,17,19H,2,5-6,9-13H2,1H3/t14-,17+/m0/s1. The first-order valence-electron chi connectivity index (χ1n) is 8.44. The molecule has 2 heterocycles. The van der Waals surface area contributed by atoms with Crippen LogP contribution in [0, 0.1) is 5.92 Å². The van der Waals surface area contributed by atoms with Gasteiger partial charge in [0.05, 0.1) is 12.6 Å². The molecule has 1 fully saturated rings. The summed E-state index contributed by atoms with van der Waals surface area (Å²) in [5.41, 5.74) is 2.63. The van der Waals surface area contributed by atoms with Crippen molar-refractivity contribution in [2.24, 2.45) is 5.92 Å². The second-order valence-electron chi connectivity index (χ2n) is 6.36. The first-order chi connectivity index (χ1) is 10.8. The van der Waals surface area contributed by atoms with Crippen LogP contribution in [0.1, 0.15) is 30.9 Å². The van der Waals surface area contributed by atoms with E-state index in [4.69, 9.17) is 4.74 Å². The highest BCUT2D eigenvalue weighted by Crippen LogP contribution is 2.21. The zero-order valence-corrected chi connectivity index (χ0v) is 13.4. The van der Waals surface area contributed by atoms with E-state index in [1.165, 1.54) is 17.5 Å². The maximum Gasteiger partial charge on any atom is 0.240 e. The molecule has 0 radical (unpaired) electrons. The van der Waals surface area contributed by atoms with E-state index < -0.39 is 0 Å². The van der Waals surface area contributed by atoms with Gasteiger partial charge in [0.15, 0.2) is 0 Å². The number of amides is 1. The van der Waals surface area contributed by atoms with Crippen LogP contribution in [0.15, 0.2) is 24.3 Å². The molecule has 4 heteroatoms.